The van der Waals surface area contributed by atoms with Gasteiger partial charge in [0.15, 0.2) is 0 Å². The summed E-state index contributed by atoms with van der Waals surface area (Å²) in [5.41, 5.74) is 1.19. The number of hydrogen-bond acceptors (Lipinski definition) is 8. The molecule has 0 aliphatic heterocycles. The first-order valence-corrected chi connectivity index (χ1v) is 10.8. The number of benzene rings is 1. The molecule has 0 atom stereocenters. The molecule has 5 rings (SSSR count). The zero-order chi connectivity index (χ0) is 18.1. The topological polar surface area (TPSA) is 64.7 Å². The van der Waals surface area contributed by atoms with Gasteiger partial charge in [0.25, 0.3) is 5.89 Å². The van der Waals surface area contributed by atoms with E-state index in [1.807, 2.05) is 35.7 Å². The number of aromatic nitrogens is 4. The predicted molar refractivity (Wildman–Crippen MR) is 110 cm³/mol. The highest BCUT2D eigenvalue weighted by molar-refractivity contribution is 7.98. The van der Waals surface area contributed by atoms with Crippen molar-refractivity contribution in [2.24, 2.45) is 0 Å². The van der Waals surface area contributed by atoms with Crippen LogP contribution in [0.4, 0.5) is 0 Å². The lowest BCUT2D eigenvalue weighted by Crippen LogP contribution is -1.85. The van der Waals surface area contributed by atoms with Crippen LogP contribution in [0.2, 0.25) is 0 Å². The molecule has 0 saturated heterocycles. The van der Waals surface area contributed by atoms with Crippen molar-refractivity contribution in [3.63, 3.8) is 0 Å². The maximum absolute atomic E-state index is 5.76. The molecule has 132 valence electrons. The molecule has 8 heteroatoms. The van der Waals surface area contributed by atoms with E-state index in [1.54, 1.807) is 40.8 Å². The average Bonchev–Trinajstić information content (AvgIpc) is 3.47. The van der Waals surface area contributed by atoms with Gasteiger partial charge < -0.3 is 4.42 Å². The van der Waals surface area contributed by atoms with Gasteiger partial charge in [-0.05, 0) is 23.1 Å². The molecule has 5 aromatic rings. The molecule has 1 aromatic carbocycles. The number of thiophene rings is 2. The first-order valence-electron chi connectivity index (χ1n) is 8.16. The number of rotatable bonds is 5. The van der Waals surface area contributed by atoms with Crippen LogP contribution in [0.3, 0.4) is 0 Å². The number of nitrogens with zero attached hydrogens (tertiary/aromatic N) is 4. The molecule has 0 amide bonds. The maximum Gasteiger partial charge on any atom is 0.257 e. The summed E-state index contributed by atoms with van der Waals surface area (Å²) in [4.78, 5) is 12.0. The van der Waals surface area contributed by atoms with Gasteiger partial charge in [-0.3, -0.25) is 0 Å². The third-order valence-electron chi connectivity index (χ3n) is 3.88. The SMILES string of the molecule is c1ccc(-c2cc3c(SCc4nnc(-c5cccs5)o4)ncnc3s2)cc1. The van der Waals surface area contributed by atoms with Crippen molar-refractivity contribution in [1.82, 2.24) is 20.2 Å². The van der Waals surface area contributed by atoms with Crippen molar-refractivity contribution in [2.75, 3.05) is 0 Å². The molecular formula is C19H12N4OS3. The molecule has 0 bridgehead atoms. The Hall–Kier alpha value is -2.55. The fourth-order valence-corrected chi connectivity index (χ4v) is 5.16. The van der Waals surface area contributed by atoms with Crippen molar-refractivity contribution >= 4 is 44.7 Å². The lowest BCUT2D eigenvalue weighted by molar-refractivity contribution is 0.529. The van der Waals surface area contributed by atoms with Gasteiger partial charge in [0, 0.05) is 10.3 Å². The summed E-state index contributed by atoms with van der Waals surface area (Å²) in [6, 6.07) is 16.4. The van der Waals surface area contributed by atoms with Crippen molar-refractivity contribution in [3.8, 4) is 21.2 Å². The van der Waals surface area contributed by atoms with E-state index >= 15 is 0 Å². The van der Waals surface area contributed by atoms with Gasteiger partial charge in [-0.2, -0.15) is 0 Å². The molecule has 27 heavy (non-hydrogen) atoms. The summed E-state index contributed by atoms with van der Waals surface area (Å²) in [6.45, 7) is 0. The Labute approximate surface area is 167 Å². The first kappa shape index (κ1) is 16.6. The molecule has 5 nitrogen and oxygen atoms in total. The quantitative estimate of drug-likeness (QED) is 0.272. The minimum absolute atomic E-state index is 0.565. The first-order chi connectivity index (χ1) is 13.4. The van der Waals surface area contributed by atoms with Crippen LogP contribution in [0.25, 0.3) is 31.4 Å². The van der Waals surface area contributed by atoms with E-state index in [9.17, 15) is 0 Å². The molecule has 0 fully saturated rings. The van der Waals surface area contributed by atoms with Gasteiger partial charge in [-0.15, -0.1) is 32.9 Å². The highest BCUT2D eigenvalue weighted by atomic mass is 32.2. The van der Waals surface area contributed by atoms with Crippen molar-refractivity contribution in [3.05, 3.63) is 66.1 Å². The molecule has 0 unspecified atom stereocenters. The smallest absolute Gasteiger partial charge is 0.257 e. The Bertz CT molecular complexity index is 1180. The van der Waals surface area contributed by atoms with E-state index in [4.69, 9.17) is 4.42 Å². The molecule has 0 aliphatic rings. The van der Waals surface area contributed by atoms with Crippen LogP contribution in [0.1, 0.15) is 5.89 Å². The largest absolute Gasteiger partial charge is 0.419 e. The normalized spacial score (nSPS) is 11.3. The summed E-state index contributed by atoms with van der Waals surface area (Å²) in [6.07, 6.45) is 1.61. The highest BCUT2D eigenvalue weighted by Crippen LogP contribution is 2.37. The Morgan fingerprint density at radius 1 is 0.963 bits per heavy atom. The van der Waals surface area contributed by atoms with Gasteiger partial charge in [-0.25, -0.2) is 9.97 Å². The van der Waals surface area contributed by atoms with Crippen molar-refractivity contribution < 1.29 is 4.42 Å². The second kappa shape index (κ2) is 7.22. The van der Waals surface area contributed by atoms with Crippen LogP contribution in [0.15, 0.2) is 69.7 Å². The van der Waals surface area contributed by atoms with Crippen LogP contribution in [-0.4, -0.2) is 20.2 Å². The molecule has 0 saturated carbocycles. The standard InChI is InChI=1S/C19H12N4OS3/c1-2-5-12(6-3-1)15-9-13-18(20-11-21-19(13)27-15)26-10-16-22-23-17(24-16)14-7-4-8-25-14/h1-9,11H,10H2. The Balaban J connectivity index is 1.40. The van der Waals surface area contributed by atoms with E-state index < -0.39 is 0 Å². The summed E-state index contributed by atoms with van der Waals surface area (Å²) in [7, 11) is 0. The minimum Gasteiger partial charge on any atom is -0.419 e. The zero-order valence-electron chi connectivity index (χ0n) is 13.9. The van der Waals surface area contributed by atoms with Gasteiger partial charge in [0.1, 0.15) is 16.2 Å². The van der Waals surface area contributed by atoms with Crippen LogP contribution < -0.4 is 0 Å². The predicted octanol–water partition coefficient (Wildman–Crippen LogP) is 5.76. The van der Waals surface area contributed by atoms with Crippen LogP contribution >= 0.6 is 34.4 Å². The highest BCUT2D eigenvalue weighted by Gasteiger charge is 2.13. The molecule has 0 radical (unpaired) electrons. The van der Waals surface area contributed by atoms with Gasteiger partial charge in [0.2, 0.25) is 5.89 Å². The Kier molecular flexibility index (Phi) is 4.44. The monoisotopic (exact) mass is 408 g/mol. The maximum atomic E-state index is 5.76. The molecule has 4 heterocycles. The van der Waals surface area contributed by atoms with Gasteiger partial charge >= 0.3 is 0 Å². The minimum atomic E-state index is 0.565. The average molecular weight is 409 g/mol. The second-order valence-corrected chi connectivity index (χ2v) is 8.58. The number of fused-ring (bicyclic) bond motifs is 1. The molecule has 4 aromatic heterocycles. The molecule has 0 spiro atoms. The van der Waals surface area contributed by atoms with Crippen LogP contribution in [0, 0.1) is 0 Å². The van der Waals surface area contributed by atoms with E-state index in [0.29, 0.717) is 17.5 Å². The summed E-state index contributed by atoms with van der Waals surface area (Å²) >= 11 is 4.84. The van der Waals surface area contributed by atoms with Gasteiger partial charge in [-0.1, -0.05) is 48.2 Å². The zero-order valence-corrected chi connectivity index (χ0v) is 16.4. The second-order valence-electron chi connectivity index (χ2n) is 5.64. The summed E-state index contributed by atoms with van der Waals surface area (Å²) in [5, 5.41) is 12.3. The fraction of sp³-hybridized carbons (Fsp3) is 0.0526. The Morgan fingerprint density at radius 2 is 1.89 bits per heavy atom. The van der Waals surface area contributed by atoms with E-state index in [1.165, 1.54) is 10.4 Å². The molecule has 0 aliphatic carbocycles. The Morgan fingerprint density at radius 3 is 2.74 bits per heavy atom. The van der Waals surface area contributed by atoms with E-state index in [-0.39, 0.29) is 0 Å². The third kappa shape index (κ3) is 3.39. The van der Waals surface area contributed by atoms with Gasteiger partial charge in [0.05, 0.1) is 10.6 Å². The number of hydrogen-bond donors (Lipinski definition) is 0. The lowest BCUT2D eigenvalue weighted by atomic mass is 10.2. The van der Waals surface area contributed by atoms with E-state index in [0.717, 1.165) is 20.1 Å². The van der Waals surface area contributed by atoms with Crippen LogP contribution in [-0.2, 0) is 5.75 Å². The van der Waals surface area contributed by atoms with E-state index in [2.05, 4.69) is 38.4 Å². The van der Waals surface area contributed by atoms with Crippen molar-refractivity contribution in [2.45, 2.75) is 10.8 Å². The summed E-state index contributed by atoms with van der Waals surface area (Å²) < 4.78 is 5.76. The van der Waals surface area contributed by atoms with Crippen molar-refractivity contribution in [1.29, 1.82) is 0 Å². The summed E-state index contributed by atoms with van der Waals surface area (Å²) in [5.74, 6) is 1.73. The lowest BCUT2D eigenvalue weighted by Gasteiger charge is -1.98. The fourth-order valence-electron chi connectivity index (χ4n) is 2.64. The third-order valence-corrected chi connectivity index (χ3v) is 6.82. The molecule has 0 N–H and O–H groups in total. The number of thioether (sulfide) groups is 1. The molecular weight excluding hydrogens is 396 g/mol. The van der Waals surface area contributed by atoms with Crippen LogP contribution in [0.5, 0.6) is 0 Å².